The van der Waals surface area contributed by atoms with E-state index < -0.39 is 11.1 Å². The molecule has 4 rings (SSSR count). The number of carbonyl (C=O) groups is 1. The minimum Gasteiger partial charge on any atom is -0.425 e. The average molecular weight is 453 g/mol. The number of ether oxygens (including phenoxy) is 1. The first kappa shape index (κ1) is 22.7. The lowest BCUT2D eigenvalue weighted by Crippen LogP contribution is -2.46. The van der Waals surface area contributed by atoms with Gasteiger partial charge in [0.1, 0.15) is 16.4 Å². The molecule has 2 aromatic carbocycles. The molecular weight excluding hydrogens is 430 g/mol. The summed E-state index contributed by atoms with van der Waals surface area (Å²) >= 11 is 0. The van der Waals surface area contributed by atoms with Crippen molar-refractivity contribution in [3.8, 4) is 5.75 Å². The molecule has 7 heteroatoms. The molecule has 0 spiro atoms. The molecule has 170 valence electrons. The number of hydrogen-bond donors (Lipinski definition) is 2. The molecule has 0 aliphatic rings. The molecule has 34 heavy (non-hydrogen) atoms. The van der Waals surface area contributed by atoms with Crippen molar-refractivity contribution in [2.45, 2.75) is 13.3 Å². The van der Waals surface area contributed by atoms with Gasteiger partial charge in [-0.1, -0.05) is 67.6 Å². The second-order valence-corrected chi connectivity index (χ2v) is 7.87. The van der Waals surface area contributed by atoms with Gasteiger partial charge in [-0.3, -0.25) is 19.4 Å². The fraction of sp³-hybridized carbons (Fsp3) is 0.111. The van der Waals surface area contributed by atoms with E-state index in [2.05, 4.69) is 15.0 Å². The molecule has 0 bridgehead atoms. The molecule has 1 unspecified atom stereocenters. The van der Waals surface area contributed by atoms with E-state index in [1.807, 2.05) is 67.6 Å². The lowest BCUT2D eigenvalue weighted by atomic mass is 10.0. The van der Waals surface area contributed by atoms with Crippen LogP contribution in [0.3, 0.4) is 0 Å². The van der Waals surface area contributed by atoms with Gasteiger partial charge in [0.05, 0.1) is 17.8 Å². The second-order valence-electron chi connectivity index (χ2n) is 7.87. The van der Waals surface area contributed by atoms with Crippen LogP contribution in [-0.4, -0.2) is 20.9 Å². The van der Waals surface area contributed by atoms with Crippen LogP contribution in [0.15, 0.2) is 88.6 Å². The lowest BCUT2D eigenvalue weighted by Gasteiger charge is -2.11. The summed E-state index contributed by atoms with van der Waals surface area (Å²) in [5.41, 5.74) is 1.41. The van der Waals surface area contributed by atoms with E-state index in [0.717, 1.165) is 11.1 Å². The van der Waals surface area contributed by atoms with E-state index in [-0.39, 0.29) is 22.6 Å². The zero-order valence-electron chi connectivity index (χ0n) is 18.5. The Hall–Kier alpha value is -4.52. The zero-order valence-corrected chi connectivity index (χ0v) is 18.5. The Balaban J connectivity index is 1.49. The van der Waals surface area contributed by atoms with Crippen molar-refractivity contribution >= 4 is 18.1 Å². The van der Waals surface area contributed by atoms with Crippen LogP contribution in [0.1, 0.15) is 23.7 Å². The molecule has 2 N–H and O–H groups in total. The molecule has 1 atom stereocenters. The SMILES string of the molecule is CC(Cc1ccccc1)C(=O)Oc1ccc(/C=c2\[nH]c(=O)/c(=C/c3ccccc3)[nH]c2=O)nc1. The van der Waals surface area contributed by atoms with Crippen LogP contribution >= 0.6 is 0 Å². The Morgan fingerprint density at radius 2 is 1.50 bits per heavy atom. The minimum atomic E-state index is -0.450. The molecular formula is C27H23N3O4. The standard InChI is InChI=1S/C27H23N3O4/c1-18(14-19-8-4-2-5-9-19)27(33)34-22-13-12-21(28-17-22)16-24-26(32)29-23(25(31)30-24)15-20-10-6-3-7-11-20/h2-13,15-18H,14H2,1H3,(H,29,32)(H,30,31)/b23-15-,24-16-. The first-order chi connectivity index (χ1) is 16.5. The van der Waals surface area contributed by atoms with Gasteiger partial charge in [0.25, 0.3) is 11.1 Å². The average Bonchev–Trinajstić information content (AvgIpc) is 2.84. The van der Waals surface area contributed by atoms with Gasteiger partial charge in [0.2, 0.25) is 0 Å². The third-order valence-electron chi connectivity index (χ3n) is 5.15. The highest BCUT2D eigenvalue weighted by molar-refractivity contribution is 5.75. The lowest BCUT2D eigenvalue weighted by molar-refractivity contribution is -0.138. The van der Waals surface area contributed by atoms with Crippen molar-refractivity contribution in [2.75, 3.05) is 0 Å². The molecule has 7 nitrogen and oxygen atoms in total. The monoisotopic (exact) mass is 453 g/mol. The number of rotatable bonds is 6. The Morgan fingerprint density at radius 1 is 0.882 bits per heavy atom. The van der Waals surface area contributed by atoms with Crippen LogP contribution < -0.4 is 26.6 Å². The van der Waals surface area contributed by atoms with E-state index in [0.29, 0.717) is 17.9 Å². The van der Waals surface area contributed by atoms with Crippen LogP contribution in [0.2, 0.25) is 0 Å². The Labute approximate surface area is 195 Å². The van der Waals surface area contributed by atoms with Crippen molar-refractivity contribution < 1.29 is 9.53 Å². The first-order valence-electron chi connectivity index (χ1n) is 10.8. The number of aromatic nitrogens is 3. The number of benzene rings is 2. The van der Waals surface area contributed by atoms with E-state index in [4.69, 9.17) is 4.74 Å². The van der Waals surface area contributed by atoms with E-state index in [1.165, 1.54) is 12.3 Å². The molecule has 0 amide bonds. The molecule has 4 aromatic rings. The van der Waals surface area contributed by atoms with Crippen LogP contribution in [0.25, 0.3) is 12.2 Å². The van der Waals surface area contributed by atoms with Crippen molar-refractivity contribution in [1.29, 1.82) is 0 Å². The van der Waals surface area contributed by atoms with Crippen molar-refractivity contribution in [1.82, 2.24) is 15.0 Å². The molecule has 2 heterocycles. The summed E-state index contributed by atoms with van der Waals surface area (Å²) in [6, 6.07) is 22.1. The Kier molecular flexibility index (Phi) is 6.93. The molecule has 0 saturated carbocycles. The van der Waals surface area contributed by atoms with Crippen molar-refractivity contribution in [3.63, 3.8) is 0 Å². The van der Waals surface area contributed by atoms with E-state index in [9.17, 15) is 14.4 Å². The molecule has 0 aliphatic carbocycles. The number of nitrogens with one attached hydrogen (secondary N) is 2. The number of esters is 1. The molecule has 0 radical (unpaired) electrons. The van der Waals surface area contributed by atoms with Crippen LogP contribution in [0.4, 0.5) is 0 Å². The normalized spacial score (nSPS) is 13.0. The Bertz CT molecular complexity index is 1510. The second kappa shape index (κ2) is 10.4. The minimum absolute atomic E-state index is 0.0731. The van der Waals surface area contributed by atoms with Gasteiger partial charge in [-0.2, -0.15) is 0 Å². The molecule has 0 fully saturated rings. The largest absolute Gasteiger partial charge is 0.425 e. The van der Waals surface area contributed by atoms with E-state index in [1.54, 1.807) is 18.2 Å². The highest BCUT2D eigenvalue weighted by Crippen LogP contribution is 2.14. The quantitative estimate of drug-likeness (QED) is 0.434. The van der Waals surface area contributed by atoms with Gasteiger partial charge >= 0.3 is 5.97 Å². The summed E-state index contributed by atoms with van der Waals surface area (Å²) in [6.45, 7) is 1.81. The topological polar surface area (TPSA) is 105 Å². The fourth-order valence-corrected chi connectivity index (χ4v) is 3.37. The third kappa shape index (κ3) is 5.83. The first-order valence-corrected chi connectivity index (χ1v) is 10.8. The maximum Gasteiger partial charge on any atom is 0.314 e. The summed E-state index contributed by atoms with van der Waals surface area (Å²) in [5, 5.41) is 0.233. The third-order valence-corrected chi connectivity index (χ3v) is 5.15. The number of H-pyrrole nitrogens is 2. The Morgan fingerprint density at radius 3 is 2.12 bits per heavy atom. The van der Waals surface area contributed by atoms with Gasteiger partial charge in [-0.05, 0) is 41.8 Å². The maximum absolute atomic E-state index is 12.5. The van der Waals surface area contributed by atoms with Crippen molar-refractivity contribution in [3.05, 3.63) is 127 Å². The van der Waals surface area contributed by atoms with Crippen LogP contribution in [-0.2, 0) is 11.2 Å². The number of aromatic amines is 2. The fourth-order valence-electron chi connectivity index (χ4n) is 3.37. The summed E-state index contributed by atoms with van der Waals surface area (Å²) in [5.74, 6) is -0.367. The predicted molar refractivity (Wildman–Crippen MR) is 130 cm³/mol. The summed E-state index contributed by atoms with van der Waals surface area (Å²) in [4.78, 5) is 46.6. The van der Waals surface area contributed by atoms with Crippen LogP contribution in [0, 0.1) is 5.92 Å². The summed E-state index contributed by atoms with van der Waals surface area (Å²) in [7, 11) is 0. The molecule has 0 aliphatic heterocycles. The molecule has 2 aromatic heterocycles. The summed E-state index contributed by atoms with van der Waals surface area (Å²) in [6.07, 6.45) is 5.04. The smallest absolute Gasteiger partial charge is 0.314 e. The maximum atomic E-state index is 12.5. The number of carbonyl (C=O) groups excluding carboxylic acids is 1. The number of hydrogen-bond acceptors (Lipinski definition) is 5. The predicted octanol–water partition coefficient (Wildman–Crippen LogP) is 1.90. The molecule has 0 saturated heterocycles. The number of pyridine rings is 1. The summed E-state index contributed by atoms with van der Waals surface area (Å²) < 4.78 is 5.42. The highest BCUT2D eigenvalue weighted by Gasteiger charge is 2.16. The van der Waals surface area contributed by atoms with Crippen molar-refractivity contribution in [2.24, 2.45) is 5.92 Å². The van der Waals surface area contributed by atoms with E-state index >= 15 is 0 Å². The number of nitrogens with zero attached hydrogens (tertiary/aromatic N) is 1. The van der Waals surface area contributed by atoms with Crippen LogP contribution in [0.5, 0.6) is 5.75 Å². The highest BCUT2D eigenvalue weighted by atomic mass is 16.5. The van der Waals surface area contributed by atoms with Gasteiger partial charge in [0, 0.05) is 0 Å². The van der Waals surface area contributed by atoms with Gasteiger partial charge in [-0.25, -0.2) is 0 Å². The van der Waals surface area contributed by atoms with Gasteiger partial charge in [-0.15, -0.1) is 0 Å². The van der Waals surface area contributed by atoms with Gasteiger partial charge < -0.3 is 14.7 Å². The zero-order chi connectivity index (χ0) is 23.9. The van der Waals surface area contributed by atoms with Gasteiger partial charge in [0.15, 0.2) is 0 Å².